The Bertz CT molecular complexity index is 637. The Kier molecular flexibility index (Phi) is 31.3. The van der Waals surface area contributed by atoms with Gasteiger partial charge in [-0.1, -0.05) is 0 Å². The molecular weight excluding hydrogens is 556 g/mol. The van der Waals surface area contributed by atoms with Gasteiger partial charge in [-0.25, -0.2) is 67.8 Å². The predicted molar refractivity (Wildman–Crippen MR) is 75.2 cm³/mol. The Balaban J connectivity index is -0.0000000364. The summed E-state index contributed by atoms with van der Waals surface area (Å²) in [7, 11) is -22.1. The Morgan fingerprint density at radius 1 is 0.370 bits per heavy atom. The molecule has 0 heterocycles. The molecule has 0 aliphatic rings. The van der Waals surface area contributed by atoms with Crippen LogP contribution < -0.4 is 25.7 Å². The Labute approximate surface area is 175 Å². The quantitative estimate of drug-likeness (QED) is 0.134. The van der Waals surface area contributed by atoms with Gasteiger partial charge in [0, 0.05) is 0 Å². The van der Waals surface area contributed by atoms with E-state index in [1.807, 2.05) is 0 Å². The maximum Gasteiger partial charge on any atom is 3.00 e. The molecule has 0 bridgehead atoms. The molecule has 0 aliphatic heterocycles. The van der Waals surface area contributed by atoms with E-state index in [4.69, 9.17) is 64.9 Å². The second-order valence-corrected chi connectivity index (χ2v) is 7.39. The fourth-order valence-electron chi connectivity index (χ4n) is 0. The first-order valence-electron chi connectivity index (χ1n) is 3.68. The molecule has 0 rings (SSSR count). The third-order valence-corrected chi connectivity index (χ3v) is 0. The molecular formula is H10AlN5NiO15S5. The smallest absolute Gasteiger partial charge is 0.736 e. The molecule has 0 unspecified atom stereocenters. The number of hydrogen-bond acceptors (Lipinski definition) is 15. The van der Waals surface area contributed by atoms with Crippen LogP contribution in [0.15, 0.2) is 0 Å². The summed E-state index contributed by atoms with van der Waals surface area (Å²) >= 11 is 0. The molecule has 0 saturated carbocycles. The number of rotatable bonds is 0. The number of hydrogen-bond donors (Lipinski definition) is 5. The van der Waals surface area contributed by atoms with Gasteiger partial charge in [0.2, 0.25) is 0 Å². The molecule has 0 aromatic heterocycles. The summed E-state index contributed by atoms with van der Waals surface area (Å²) in [6.07, 6.45) is 0. The molecule has 0 aromatic carbocycles. The molecule has 0 aromatic rings. The van der Waals surface area contributed by atoms with Crippen molar-refractivity contribution in [2.24, 2.45) is 25.7 Å². The van der Waals surface area contributed by atoms with Crippen LogP contribution in [0.5, 0.6) is 0 Å². The Morgan fingerprint density at radius 3 is 0.370 bits per heavy atom. The van der Waals surface area contributed by atoms with Crippen LogP contribution in [0.25, 0.3) is 0 Å². The van der Waals surface area contributed by atoms with Gasteiger partial charge < -0.3 is 22.8 Å². The van der Waals surface area contributed by atoms with E-state index in [2.05, 4.69) is 25.7 Å². The minimum Gasteiger partial charge on any atom is -0.736 e. The van der Waals surface area contributed by atoms with Crippen LogP contribution in [-0.2, 0) is 68.0 Å². The number of nitrogens with two attached hydrogens (primary N) is 5. The predicted octanol–water partition coefficient (Wildman–Crippen LogP) is -8.36. The standard InChI is InChI=1S/Al.5H3NO3S.Ni/c;5*1-5(2,3)4;/h;5*(H3,1,2,3,4);/q+3;;;;;;+2/p-5. The molecule has 0 amide bonds. The zero-order valence-corrected chi connectivity index (χ0v) is 18.2. The average molecular weight is 566 g/mol. The summed E-state index contributed by atoms with van der Waals surface area (Å²) in [5.41, 5.74) is 0. The molecule has 20 nitrogen and oxygen atoms in total. The molecule has 10 N–H and O–H groups in total. The van der Waals surface area contributed by atoms with E-state index in [0.29, 0.717) is 0 Å². The van der Waals surface area contributed by atoms with E-state index in [-0.39, 0.29) is 33.9 Å². The van der Waals surface area contributed by atoms with Crippen molar-refractivity contribution in [1.29, 1.82) is 0 Å². The monoisotopic (exact) mass is 565 g/mol. The van der Waals surface area contributed by atoms with Crippen molar-refractivity contribution in [1.82, 2.24) is 0 Å². The Morgan fingerprint density at radius 2 is 0.370 bits per heavy atom. The van der Waals surface area contributed by atoms with Gasteiger partial charge in [-0.3, -0.25) is 0 Å². The van der Waals surface area contributed by atoms with Gasteiger partial charge in [-0.05, 0) is 0 Å². The van der Waals surface area contributed by atoms with Gasteiger partial charge in [-0.2, -0.15) is 0 Å². The van der Waals surface area contributed by atoms with Crippen molar-refractivity contribution in [3.63, 3.8) is 0 Å². The van der Waals surface area contributed by atoms with Gasteiger partial charge in [0.1, 0.15) is 0 Å². The minimum absolute atomic E-state index is 0. The molecule has 27 heteroatoms. The molecule has 27 heavy (non-hydrogen) atoms. The molecule has 168 valence electrons. The van der Waals surface area contributed by atoms with Crippen molar-refractivity contribution >= 4 is 68.9 Å². The van der Waals surface area contributed by atoms with E-state index in [0.717, 1.165) is 0 Å². The van der Waals surface area contributed by atoms with Gasteiger partial charge in [0.15, 0.2) is 51.5 Å². The molecule has 0 aliphatic carbocycles. The van der Waals surface area contributed by atoms with Crippen molar-refractivity contribution in [3.05, 3.63) is 0 Å². The summed E-state index contributed by atoms with van der Waals surface area (Å²) < 4.78 is 133. The maximum absolute atomic E-state index is 8.85. The topological polar surface area (TPSA) is 416 Å². The second-order valence-electron chi connectivity index (χ2n) is 2.46. The van der Waals surface area contributed by atoms with Gasteiger partial charge in [-0.15, -0.1) is 0 Å². The van der Waals surface area contributed by atoms with Crippen LogP contribution in [0, 0.1) is 0 Å². The fourth-order valence-corrected chi connectivity index (χ4v) is 0. The molecule has 0 radical (unpaired) electrons. The first kappa shape index (κ1) is 45.9. The summed E-state index contributed by atoms with van der Waals surface area (Å²) in [6.45, 7) is 0. The zero-order valence-electron chi connectivity index (χ0n) is 11.9. The summed E-state index contributed by atoms with van der Waals surface area (Å²) in [5, 5.41) is 18.9. The maximum atomic E-state index is 8.85. The minimum atomic E-state index is -4.42. The van der Waals surface area contributed by atoms with Crippen LogP contribution in [0.2, 0.25) is 0 Å². The molecule has 0 spiro atoms. The fraction of sp³-hybridized carbons (Fsp3) is 0. The van der Waals surface area contributed by atoms with Crippen LogP contribution >= 0.6 is 0 Å². The second kappa shape index (κ2) is 18.4. The van der Waals surface area contributed by atoms with E-state index in [1.165, 1.54) is 0 Å². The van der Waals surface area contributed by atoms with Crippen molar-refractivity contribution in [2.75, 3.05) is 0 Å². The zero-order chi connectivity index (χ0) is 22.5. The SMILES string of the molecule is NS(=O)(=O)[O-].NS(=O)(=O)[O-].NS(=O)(=O)[O-].NS(=O)(=O)[O-].NS(=O)(=O)[O-].[Al+3].[Ni+2]. The summed E-state index contributed by atoms with van der Waals surface area (Å²) in [6, 6.07) is 0. The van der Waals surface area contributed by atoms with Crippen molar-refractivity contribution in [2.45, 2.75) is 0 Å². The first-order valence-corrected chi connectivity index (χ1v) is 11.0. The van der Waals surface area contributed by atoms with E-state index < -0.39 is 51.5 Å². The van der Waals surface area contributed by atoms with Crippen LogP contribution in [0.4, 0.5) is 0 Å². The van der Waals surface area contributed by atoms with Gasteiger partial charge >= 0.3 is 33.9 Å². The Hall–Kier alpha value is 0.376. The van der Waals surface area contributed by atoms with Gasteiger partial charge in [0.25, 0.3) is 0 Å². The largest absolute Gasteiger partial charge is 3.00 e. The van der Waals surface area contributed by atoms with Crippen LogP contribution in [0.3, 0.4) is 0 Å². The first-order chi connectivity index (χ1) is 10.0. The molecule has 0 saturated heterocycles. The van der Waals surface area contributed by atoms with Crippen LogP contribution in [-0.4, -0.2) is 82.2 Å². The van der Waals surface area contributed by atoms with Crippen molar-refractivity contribution in [3.8, 4) is 0 Å². The summed E-state index contributed by atoms with van der Waals surface area (Å²) in [5.74, 6) is 0. The van der Waals surface area contributed by atoms with E-state index in [1.54, 1.807) is 0 Å². The van der Waals surface area contributed by atoms with Crippen LogP contribution in [0.1, 0.15) is 0 Å². The average Bonchev–Trinajstić information content (AvgIpc) is 1.79. The van der Waals surface area contributed by atoms with E-state index in [9.17, 15) is 0 Å². The molecule has 0 fully saturated rings. The third kappa shape index (κ3) is 111000. The van der Waals surface area contributed by atoms with Gasteiger partial charge in [0.05, 0.1) is 0 Å². The third-order valence-electron chi connectivity index (χ3n) is 0. The van der Waals surface area contributed by atoms with E-state index >= 15 is 0 Å². The summed E-state index contributed by atoms with van der Waals surface area (Å²) in [4.78, 5) is 0. The normalized spacial score (nSPS) is 10.7. The van der Waals surface area contributed by atoms with Crippen molar-refractivity contribution < 1.29 is 81.3 Å². The molecule has 0 atom stereocenters.